The number of aliphatic imine (C=N–C) groups is 1. The summed E-state index contributed by atoms with van der Waals surface area (Å²) >= 11 is 1.00. The fraction of sp³-hybridized carbons (Fsp3) is 0.500. The lowest BCUT2D eigenvalue weighted by Crippen LogP contribution is -2.38. The normalized spacial score (nSPS) is 12.2. The van der Waals surface area contributed by atoms with Gasteiger partial charge in [0.1, 0.15) is 0 Å². The number of pyridine rings is 1. The van der Waals surface area contributed by atoms with E-state index in [2.05, 4.69) is 20.6 Å². The Morgan fingerprint density at radius 2 is 2.00 bits per heavy atom. The van der Waals surface area contributed by atoms with Gasteiger partial charge >= 0.3 is 6.18 Å². The second-order valence-corrected chi connectivity index (χ2v) is 7.11. The summed E-state index contributed by atoms with van der Waals surface area (Å²) in [7, 11) is 1.63. The molecule has 0 aliphatic heterocycles. The highest BCUT2D eigenvalue weighted by Crippen LogP contribution is 2.29. The number of aryl methyl sites for hydroxylation is 1. The lowest BCUT2D eigenvalue weighted by molar-refractivity contribution is -0.140. The van der Waals surface area contributed by atoms with Gasteiger partial charge < -0.3 is 15.2 Å². The molecule has 0 aliphatic rings. The second-order valence-electron chi connectivity index (χ2n) is 6.16. The molecule has 0 bridgehead atoms. The number of aromatic nitrogens is 2. The van der Waals surface area contributed by atoms with Gasteiger partial charge in [-0.3, -0.25) is 9.79 Å². The third-order valence-electron chi connectivity index (χ3n) is 4.07. The number of hydrogen-bond donors (Lipinski definition) is 2. The molecule has 0 aliphatic carbocycles. The predicted octanol–water partition coefficient (Wildman–Crippen LogP) is 2.82. The van der Waals surface area contributed by atoms with Crippen LogP contribution < -0.4 is 16.2 Å². The van der Waals surface area contributed by atoms with Crippen molar-refractivity contribution in [2.24, 2.45) is 4.99 Å². The molecule has 28 heavy (non-hydrogen) atoms. The largest absolute Gasteiger partial charge is 0.434 e. The molecule has 10 heteroatoms. The van der Waals surface area contributed by atoms with Gasteiger partial charge in [-0.2, -0.15) is 13.2 Å². The van der Waals surface area contributed by atoms with E-state index >= 15 is 0 Å². The van der Waals surface area contributed by atoms with E-state index in [0.717, 1.165) is 35.3 Å². The highest BCUT2D eigenvalue weighted by Gasteiger charge is 2.33. The Kier molecular flexibility index (Phi) is 8.04. The Hall–Kier alpha value is -2.36. The molecular weight excluding hydrogens is 391 g/mol. The Morgan fingerprint density at radius 1 is 1.25 bits per heavy atom. The highest BCUT2D eigenvalue weighted by molar-refractivity contribution is 7.09. The number of rotatable bonds is 8. The van der Waals surface area contributed by atoms with Crippen molar-refractivity contribution >= 4 is 17.3 Å². The summed E-state index contributed by atoms with van der Waals surface area (Å²) in [6.45, 7) is 3.68. The summed E-state index contributed by atoms with van der Waals surface area (Å²) in [5.74, 6) is 0.584. The zero-order chi connectivity index (χ0) is 20.6. The standard InChI is InChI=1S/C18H24F3N5OS/c1-13-6-5-7-16(27)26(13)11-4-3-9-23-17(22-2)24-10-8-15-25-14(12-28-15)18(19,20)21/h5-7,12H,3-4,8-11H2,1-2H3,(H2,22,23,24). The van der Waals surface area contributed by atoms with Crippen molar-refractivity contribution in [1.29, 1.82) is 0 Å². The van der Waals surface area contributed by atoms with Crippen LogP contribution in [0.3, 0.4) is 0 Å². The van der Waals surface area contributed by atoms with Crippen molar-refractivity contribution in [3.63, 3.8) is 0 Å². The summed E-state index contributed by atoms with van der Waals surface area (Å²) in [5.41, 5.74) is 0.0953. The minimum absolute atomic E-state index is 0.00121. The first-order valence-corrected chi connectivity index (χ1v) is 9.82. The molecule has 0 radical (unpaired) electrons. The summed E-state index contributed by atoms with van der Waals surface area (Å²) in [6, 6.07) is 5.21. The first-order chi connectivity index (χ1) is 13.3. The van der Waals surface area contributed by atoms with Gasteiger partial charge in [0.25, 0.3) is 5.56 Å². The molecule has 6 nitrogen and oxygen atoms in total. The highest BCUT2D eigenvalue weighted by atomic mass is 32.1. The number of guanidine groups is 1. The minimum Gasteiger partial charge on any atom is -0.356 e. The molecule has 0 saturated heterocycles. The molecule has 2 N–H and O–H groups in total. The Balaban J connectivity index is 1.66. The van der Waals surface area contributed by atoms with Crippen LogP contribution in [0.4, 0.5) is 13.2 Å². The Labute approximate surface area is 165 Å². The smallest absolute Gasteiger partial charge is 0.356 e. The van der Waals surface area contributed by atoms with Gasteiger partial charge in [0, 0.05) is 50.2 Å². The van der Waals surface area contributed by atoms with Crippen molar-refractivity contribution in [1.82, 2.24) is 20.2 Å². The zero-order valence-electron chi connectivity index (χ0n) is 15.8. The molecule has 2 aromatic rings. The number of unbranched alkanes of at least 4 members (excludes halogenated alkanes) is 1. The van der Waals surface area contributed by atoms with E-state index in [1.54, 1.807) is 23.7 Å². The van der Waals surface area contributed by atoms with E-state index < -0.39 is 11.9 Å². The van der Waals surface area contributed by atoms with E-state index in [0.29, 0.717) is 37.0 Å². The van der Waals surface area contributed by atoms with Crippen molar-refractivity contribution in [2.75, 3.05) is 20.1 Å². The maximum atomic E-state index is 12.5. The minimum atomic E-state index is -4.40. The van der Waals surface area contributed by atoms with Crippen LogP contribution in [-0.4, -0.2) is 35.6 Å². The average molecular weight is 415 g/mol. The van der Waals surface area contributed by atoms with Crippen LogP contribution in [0.2, 0.25) is 0 Å². The monoisotopic (exact) mass is 415 g/mol. The van der Waals surface area contributed by atoms with Gasteiger partial charge in [0.2, 0.25) is 0 Å². The summed E-state index contributed by atoms with van der Waals surface area (Å²) in [5, 5.41) is 7.68. The Bertz CT molecular complexity index is 844. The molecule has 0 atom stereocenters. The number of halogens is 3. The van der Waals surface area contributed by atoms with Crippen LogP contribution in [0, 0.1) is 6.92 Å². The van der Waals surface area contributed by atoms with Gasteiger partial charge in [0.05, 0.1) is 5.01 Å². The number of nitrogens with one attached hydrogen (secondary N) is 2. The maximum absolute atomic E-state index is 12.5. The van der Waals surface area contributed by atoms with Crippen LogP contribution in [-0.2, 0) is 19.1 Å². The van der Waals surface area contributed by atoms with Gasteiger partial charge in [-0.05, 0) is 25.8 Å². The molecule has 2 heterocycles. The summed E-state index contributed by atoms with van der Waals surface area (Å²) < 4.78 is 39.4. The number of hydrogen-bond acceptors (Lipinski definition) is 4. The molecule has 0 saturated carbocycles. The lowest BCUT2D eigenvalue weighted by atomic mass is 10.3. The summed E-state index contributed by atoms with van der Waals surface area (Å²) in [4.78, 5) is 19.5. The molecule has 2 rings (SSSR count). The maximum Gasteiger partial charge on any atom is 0.434 e. The van der Waals surface area contributed by atoms with Gasteiger partial charge in [-0.25, -0.2) is 4.98 Å². The SMILES string of the molecule is CN=C(NCCCCn1c(C)cccc1=O)NCCc1nc(C(F)(F)F)cs1. The topological polar surface area (TPSA) is 71.3 Å². The number of thiazole rings is 1. The third-order valence-corrected chi connectivity index (χ3v) is 4.97. The molecule has 0 aromatic carbocycles. The molecular formula is C18H24F3N5OS. The summed E-state index contributed by atoms with van der Waals surface area (Å²) in [6.07, 6.45) is -2.32. The fourth-order valence-corrected chi connectivity index (χ4v) is 3.38. The molecule has 0 amide bonds. The molecule has 154 valence electrons. The number of alkyl halides is 3. The first kappa shape index (κ1) is 21.9. The van der Waals surface area contributed by atoms with E-state index in [9.17, 15) is 18.0 Å². The van der Waals surface area contributed by atoms with E-state index in [1.807, 2.05) is 13.0 Å². The average Bonchev–Trinajstić information content (AvgIpc) is 3.11. The van der Waals surface area contributed by atoms with Crippen LogP contribution in [0.15, 0.2) is 33.4 Å². The molecule has 0 unspecified atom stereocenters. The van der Waals surface area contributed by atoms with Gasteiger partial charge in [-0.15, -0.1) is 11.3 Å². The van der Waals surface area contributed by atoms with Crippen LogP contribution in [0.5, 0.6) is 0 Å². The van der Waals surface area contributed by atoms with E-state index in [1.165, 1.54) is 0 Å². The van der Waals surface area contributed by atoms with Crippen molar-refractivity contribution in [3.05, 3.63) is 50.3 Å². The van der Waals surface area contributed by atoms with Crippen LogP contribution in [0.1, 0.15) is 29.2 Å². The Morgan fingerprint density at radius 3 is 2.64 bits per heavy atom. The zero-order valence-corrected chi connectivity index (χ0v) is 16.7. The third kappa shape index (κ3) is 6.66. The van der Waals surface area contributed by atoms with Gasteiger partial charge in [0.15, 0.2) is 11.7 Å². The van der Waals surface area contributed by atoms with Crippen molar-refractivity contribution in [3.8, 4) is 0 Å². The van der Waals surface area contributed by atoms with E-state index in [-0.39, 0.29) is 5.56 Å². The first-order valence-electron chi connectivity index (χ1n) is 8.94. The number of nitrogens with zero attached hydrogens (tertiary/aromatic N) is 3. The van der Waals surface area contributed by atoms with Gasteiger partial charge in [-0.1, -0.05) is 6.07 Å². The van der Waals surface area contributed by atoms with E-state index in [4.69, 9.17) is 0 Å². The second kappa shape index (κ2) is 10.3. The fourth-order valence-electron chi connectivity index (χ4n) is 2.58. The molecule has 0 fully saturated rings. The predicted molar refractivity (Wildman–Crippen MR) is 105 cm³/mol. The van der Waals surface area contributed by atoms with Crippen LogP contribution in [0.25, 0.3) is 0 Å². The molecule has 2 aromatic heterocycles. The van der Waals surface area contributed by atoms with Crippen LogP contribution >= 0.6 is 11.3 Å². The van der Waals surface area contributed by atoms with Crippen molar-refractivity contribution in [2.45, 2.75) is 38.9 Å². The molecule has 0 spiro atoms. The quantitative estimate of drug-likeness (QED) is 0.395. The van der Waals surface area contributed by atoms with Crippen molar-refractivity contribution < 1.29 is 13.2 Å². The lowest BCUT2D eigenvalue weighted by Gasteiger charge is -2.12.